The summed E-state index contributed by atoms with van der Waals surface area (Å²) in [5.41, 5.74) is 4.33. The zero-order valence-electron chi connectivity index (χ0n) is 12.8. The molecule has 0 aromatic heterocycles. The summed E-state index contributed by atoms with van der Waals surface area (Å²) in [4.78, 5) is 26.9. The van der Waals surface area contributed by atoms with Crippen molar-refractivity contribution in [2.45, 2.75) is 13.5 Å². The number of nitrogen functional groups attached to an aromatic ring is 1. The minimum atomic E-state index is -3.15. The summed E-state index contributed by atoms with van der Waals surface area (Å²) < 4.78 is 44.1. The van der Waals surface area contributed by atoms with Gasteiger partial charge < -0.3 is 10.5 Å². The molecule has 0 atom stereocenters. The summed E-state index contributed by atoms with van der Waals surface area (Å²) in [6, 6.07) is 5.96. The molecule has 1 aliphatic carbocycles. The first-order valence-corrected chi connectivity index (χ1v) is 7.08. The van der Waals surface area contributed by atoms with Crippen LogP contribution in [0.25, 0.3) is 16.9 Å². The molecular weight excluding hydrogens is 339 g/mol. The standard InChI is InChI=1S/C16H12F3N3O3/c1-7-9(17)3-2-4-10(7)22-11-5-8(25-15(18)19)6-12(23)13(11)14(20)21-16(22)24/h2-6,15H,20H2,1H3,(H,21,24). The normalized spacial score (nSPS) is 11.2. The molecule has 0 spiro atoms. The van der Waals surface area contributed by atoms with Crippen molar-refractivity contribution in [2.24, 2.45) is 0 Å². The van der Waals surface area contributed by atoms with Crippen LogP contribution in [0.5, 0.6) is 5.75 Å². The molecule has 0 radical (unpaired) electrons. The third kappa shape index (κ3) is 2.84. The van der Waals surface area contributed by atoms with Crippen molar-refractivity contribution in [3.05, 3.63) is 62.4 Å². The van der Waals surface area contributed by atoms with Gasteiger partial charge in [0.15, 0.2) is 5.43 Å². The summed E-state index contributed by atoms with van der Waals surface area (Å²) in [5.74, 6) is -1.23. The number of H-pyrrole nitrogens is 1. The smallest absolute Gasteiger partial charge is 0.387 e. The van der Waals surface area contributed by atoms with E-state index in [-0.39, 0.29) is 28.3 Å². The fourth-order valence-electron chi connectivity index (χ4n) is 2.61. The summed E-state index contributed by atoms with van der Waals surface area (Å²) in [6.07, 6.45) is 0. The van der Waals surface area contributed by atoms with Crippen LogP contribution in [0, 0.1) is 12.7 Å². The van der Waals surface area contributed by atoms with E-state index in [9.17, 15) is 22.8 Å². The van der Waals surface area contributed by atoms with E-state index in [0.717, 1.165) is 16.7 Å². The summed E-state index contributed by atoms with van der Waals surface area (Å²) in [7, 11) is 0. The molecule has 130 valence electrons. The van der Waals surface area contributed by atoms with Crippen molar-refractivity contribution in [3.8, 4) is 22.7 Å². The van der Waals surface area contributed by atoms with Crippen molar-refractivity contribution < 1.29 is 17.9 Å². The van der Waals surface area contributed by atoms with Crippen molar-refractivity contribution in [1.82, 2.24) is 9.55 Å². The van der Waals surface area contributed by atoms with Crippen molar-refractivity contribution in [1.29, 1.82) is 0 Å². The van der Waals surface area contributed by atoms with E-state index in [2.05, 4.69) is 9.72 Å². The fraction of sp³-hybridized carbons (Fsp3) is 0.125. The second kappa shape index (κ2) is 6.00. The molecule has 6 nitrogen and oxygen atoms in total. The van der Waals surface area contributed by atoms with Crippen LogP contribution in [0.2, 0.25) is 0 Å². The number of nitrogens with two attached hydrogens (primary N) is 1. The van der Waals surface area contributed by atoms with Crippen LogP contribution in [0.15, 0.2) is 39.9 Å². The van der Waals surface area contributed by atoms with Crippen LogP contribution < -0.4 is 21.6 Å². The first-order chi connectivity index (χ1) is 11.8. The zero-order chi connectivity index (χ0) is 18.3. The van der Waals surface area contributed by atoms with Crippen molar-refractivity contribution >= 4 is 5.82 Å². The van der Waals surface area contributed by atoms with Crippen LogP contribution >= 0.6 is 0 Å². The molecule has 0 bridgehead atoms. The number of hydrogen-bond donors (Lipinski definition) is 2. The molecule has 1 aliphatic heterocycles. The number of anilines is 1. The Balaban J connectivity index is 2.42. The maximum Gasteiger partial charge on any atom is 0.387 e. The number of nitrogens with zero attached hydrogens (tertiary/aromatic N) is 1. The molecule has 1 aromatic rings. The molecule has 9 heteroatoms. The Hall–Kier alpha value is -3.23. The van der Waals surface area contributed by atoms with Crippen molar-refractivity contribution in [3.63, 3.8) is 0 Å². The average Bonchev–Trinajstić information content (AvgIpc) is 2.49. The molecule has 3 rings (SSSR count). The minimum Gasteiger partial charge on any atom is -0.435 e. The van der Waals surface area contributed by atoms with Gasteiger partial charge in [-0.15, -0.1) is 0 Å². The van der Waals surface area contributed by atoms with E-state index in [1.165, 1.54) is 25.1 Å². The Kier molecular flexibility index (Phi) is 3.99. The number of aromatic nitrogens is 2. The SMILES string of the molecule is Cc1c(F)cccc1-n1c2cc(OC(F)F)cc(=O)c-2c(N)[nH]c1=O. The van der Waals surface area contributed by atoms with Gasteiger partial charge in [-0.05, 0) is 19.1 Å². The van der Waals surface area contributed by atoms with Gasteiger partial charge in [0, 0.05) is 17.7 Å². The third-order valence-corrected chi connectivity index (χ3v) is 3.71. The highest BCUT2D eigenvalue weighted by Crippen LogP contribution is 2.29. The molecule has 0 saturated carbocycles. The van der Waals surface area contributed by atoms with E-state index >= 15 is 0 Å². The molecule has 3 N–H and O–H groups in total. The van der Waals surface area contributed by atoms with Gasteiger partial charge in [0.05, 0.1) is 16.9 Å². The van der Waals surface area contributed by atoms with Gasteiger partial charge >= 0.3 is 12.3 Å². The fourth-order valence-corrected chi connectivity index (χ4v) is 2.61. The molecule has 0 fully saturated rings. The first kappa shape index (κ1) is 16.6. The van der Waals surface area contributed by atoms with Crippen LogP contribution in [0.1, 0.15) is 5.56 Å². The third-order valence-electron chi connectivity index (χ3n) is 3.71. The van der Waals surface area contributed by atoms with Crippen molar-refractivity contribution in [2.75, 3.05) is 5.73 Å². The van der Waals surface area contributed by atoms with Crippen LogP contribution in [0.3, 0.4) is 0 Å². The Morgan fingerprint density at radius 2 is 1.96 bits per heavy atom. The second-order valence-corrected chi connectivity index (χ2v) is 5.26. The minimum absolute atomic E-state index is 0.0712. The zero-order valence-corrected chi connectivity index (χ0v) is 12.8. The number of nitrogens with one attached hydrogen (secondary N) is 1. The molecule has 25 heavy (non-hydrogen) atoms. The Labute approximate surface area is 138 Å². The van der Waals surface area contributed by atoms with Gasteiger partial charge in [-0.2, -0.15) is 8.78 Å². The number of rotatable bonds is 3. The highest BCUT2D eigenvalue weighted by molar-refractivity contribution is 5.75. The predicted molar refractivity (Wildman–Crippen MR) is 85.0 cm³/mol. The van der Waals surface area contributed by atoms with Crippen LogP contribution in [0.4, 0.5) is 19.0 Å². The molecule has 1 heterocycles. The number of ether oxygens (including phenoxy) is 1. The van der Waals surface area contributed by atoms with Gasteiger partial charge in [0.2, 0.25) is 0 Å². The second-order valence-electron chi connectivity index (χ2n) is 5.26. The first-order valence-electron chi connectivity index (χ1n) is 7.08. The molecule has 0 unspecified atom stereocenters. The van der Waals surface area contributed by atoms with E-state index in [1.54, 1.807) is 0 Å². The lowest BCUT2D eigenvalue weighted by atomic mass is 10.1. The van der Waals surface area contributed by atoms with Gasteiger partial charge in [0.1, 0.15) is 17.4 Å². The molecule has 2 aliphatic rings. The highest BCUT2D eigenvalue weighted by atomic mass is 19.3. The highest BCUT2D eigenvalue weighted by Gasteiger charge is 2.22. The number of aromatic amines is 1. The number of halogens is 3. The van der Waals surface area contributed by atoms with E-state index in [4.69, 9.17) is 5.73 Å². The largest absolute Gasteiger partial charge is 0.435 e. The summed E-state index contributed by atoms with van der Waals surface area (Å²) in [6.45, 7) is -1.71. The lowest BCUT2D eigenvalue weighted by molar-refractivity contribution is -0.0498. The van der Waals surface area contributed by atoms with Crippen LogP contribution in [-0.4, -0.2) is 16.2 Å². The predicted octanol–water partition coefficient (Wildman–Crippen LogP) is 2.26. The lowest BCUT2D eigenvalue weighted by Gasteiger charge is -2.18. The number of alkyl halides is 2. The number of hydrogen-bond acceptors (Lipinski definition) is 4. The topological polar surface area (TPSA) is 90.1 Å². The Morgan fingerprint density at radius 1 is 1.24 bits per heavy atom. The summed E-state index contributed by atoms with van der Waals surface area (Å²) >= 11 is 0. The lowest BCUT2D eigenvalue weighted by Crippen LogP contribution is -2.29. The Bertz CT molecular complexity index is 1040. The monoisotopic (exact) mass is 351 g/mol. The quantitative estimate of drug-likeness (QED) is 0.757. The maximum absolute atomic E-state index is 13.9. The van der Waals surface area contributed by atoms with E-state index < -0.39 is 29.3 Å². The Morgan fingerprint density at radius 3 is 2.64 bits per heavy atom. The van der Waals surface area contributed by atoms with Gasteiger partial charge in [0.25, 0.3) is 0 Å². The van der Waals surface area contributed by atoms with Gasteiger partial charge in [-0.1, -0.05) is 6.07 Å². The van der Waals surface area contributed by atoms with E-state index in [0.29, 0.717) is 0 Å². The summed E-state index contributed by atoms with van der Waals surface area (Å²) in [5, 5.41) is 0. The van der Waals surface area contributed by atoms with Gasteiger partial charge in [-0.3, -0.25) is 14.3 Å². The average molecular weight is 351 g/mol. The molecule has 1 aromatic carbocycles. The molecule has 0 saturated heterocycles. The van der Waals surface area contributed by atoms with E-state index in [1.807, 2.05) is 0 Å². The molecular formula is C16H12F3N3O3. The maximum atomic E-state index is 13.9. The number of benzene rings is 2. The van der Waals surface area contributed by atoms with Crippen LogP contribution in [-0.2, 0) is 0 Å². The molecule has 0 amide bonds. The van der Waals surface area contributed by atoms with Gasteiger partial charge in [-0.25, -0.2) is 9.18 Å². The number of fused-ring (bicyclic) bond motifs is 1.